The van der Waals surface area contributed by atoms with Crippen molar-refractivity contribution >= 4 is 17.3 Å². The van der Waals surface area contributed by atoms with Crippen molar-refractivity contribution in [1.82, 2.24) is 14.5 Å². The fourth-order valence-corrected chi connectivity index (χ4v) is 2.74. The first kappa shape index (κ1) is 13.5. The van der Waals surface area contributed by atoms with Gasteiger partial charge in [0.15, 0.2) is 0 Å². The van der Waals surface area contributed by atoms with Crippen LogP contribution in [0.1, 0.15) is 16.1 Å². The number of hydrogen-bond acceptors (Lipinski definition) is 5. The normalized spacial score (nSPS) is 10.5. The molecule has 3 rings (SSSR count). The molecule has 0 bridgehead atoms. The first-order valence-corrected chi connectivity index (χ1v) is 7.24. The summed E-state index contributed by atoms with van der Waals surface area (Å²) in [4.78, 5) is 21.2. The van der Waals surface area contributed by atoms with E-state index in [1.807, 2.05) is 34.3 Å². The molecule has 0 aliphatic heterocycles. The lowest BCUT2D eigenvalue weighted by Crippen LogP contribution is -2.05. The van der Waals surface area contributed by atoms with Crippen LogP contribution in [0.4, 0.5) is 0 Å². The molecular weight excluding hydrogens is 286 g/mol. The lowest BCUT2D eigenvalue weighted by Gasteiger charge is -2.06. The molecule has 0 N–H and O–H groups in total. The summed E-state index contributed by atoms with van der Waals surface area (Å²) in [6, 6.07) is 7.58. The van der Waals surface area contributed by atoms with Gasteiger partial charge in [-0.3, -0.25) is 4.98 Å². The minimum atomic E-state index is -0.379. The maximum Gasteiger partial charge on any atom is 0.339 e. The molecule has 0 atom stereocenters. The summed E-state index contributed by atoms with van der Waals surface area (Å²) in [7, 11) is 1.36. The van der Waals surface area contributed by atoms with Crippen molar-refractivity contribution in [3.8, 4) is 10.7 Å². The Kier molecular flexibility index (Phi) is 3.79. The number of methoxy groups -OCH3 is 1. The van der Waals surface area contributed by atoms with E-state index in [1.54, 1.807) is 23.6 Å². The molecule has 3 heterocycles. The minimum absolute atomic E-state index is 0.379. The molecule has 21 heavy (non-hydrogen) atoms. The Labute approximate surface area is 125 Å². The average Bonchev–Trinajstić information content (AvgIpc) is 3.18. The number of carbonyl (C=O) groups is 1. The SMILES string of the molecule is COC(=O)c1ccc(Cn2ccnc2-c2cccs2)nc1. The van der Waals surface area contributed by atoms with Crippen LogP contribution >= 0.6 is 11.3 Å². The van der Waals surface area contributed by atoms with Gasteiger partial charge in [0.05, 0.1) is 29.8 Å². The Hall–Kier alpha value is -2.47. The van der Waals surface area contributed by atoms with Crippen LogP contribution in [0, 0.1) is 0 Å². The zero-order valence-corrected chi connectivity index (χ0v) is 12.2. The number of rotatable bonds is 4. The van der Waals surface area contributed by atoms with Crippen molar-refractivity contribution in [2.24, 2.45) is 0 Å². The summed E-state index contributed by atoms with van der Waals surface area (Å²) in [5.41, 5.74) is 1.31. The number of hydrogen-bond donors (Lipinski definition) is 0. The van der Waals surface area contributed by atoms with Gasteiger partial charge in [-0.2, -0.15) is 0 Å². The second kappa shape index (κ2) is 5.88. The van der Waals surface area contributed by atoms with E-state index in [-0.39, 0.29) is 5.97 Å². The smallest absolute Gasteiger partial charge is 0.339 e. The first-order chi connectivity index (χ1) is 10.3. The van der Waals surface area contributed by atoms with Crippen molar-refractivity contribution in [1.29, 1.82) is 0 Å². The molecule has 0 amide bonds. The van der Waals surface area contributed by atoms with Crippen LogP contribution in [0.3, 0.4) is 0 Å². The minimum Gasteiger partial charge on any atom is -0.465 e. The summed E-state index contributed by atoms with van der Waals surface area (Å²) < 4.78 is 6.69. The van der Waals surface area contributed by atoms with Crippen LogP contribution in [0.15, 0.2) is 48.2 Å². The monoisotopic (exact) mass is 299 g/mol. The van der Waals surface area contributed by atoms with Gasteiger partial charge in [0.1, 0.15) is 5.82 Å². The van der Waals surface area contributed by atoms with Crippen molar-refractivity contribution in [2.45, 2.75) is 6.54 Å². The number of esters is 1. The van der Waals surface area contributed by atoms with Crippen molar-refractivity contribution in [3.63, 3.8) is 0 Å². The van der Waals surface area contributed by atoms with Gasteiger partial charge in [-0.15, -0.1) is 11.3 Å². The third-order valence-electron chi connectivity index (χ3n) is 3.04. The van der Waals surface area contributed by atoms with Crippen molar-refractivity contribution in [2.75, 3.05) is 7.11 Å². The number of aromatic nitrogens is 3. The number of imidazole rings is 1. The third kappa shape index (κ3) is 2.85. The molecule has 0 aliphatic rings. The quantitative estimate of drug-likeness (QED) is 0.695. The molecule has 0 spiro atoms. The van der Waals surface area contributed by atoms with Crippen LogP contribution in [0.5, 0.6) is 0 Å². The van der Waals surface area contributed by atoms with E-state index in [0.29, 0.717) is 12.1 Å². The first-order valence-electron chi connectivity index (χ1n) is 6.36. The molecule has 0 fully saturated rings. The maximum atomic E-state index is 11.4. The van der Waals surface area contributed by atoms with Crippen LogP contribution in [-0.4, -0.2) is 27.6 Å². The molecule has 0 aromatic carbocycles. The highest BCUT2D eigenvalue weighted by atomic mass is 32.1. The topological polar surface area (TPSA) is 57.0 Å². The highest BCUT2D eigenvalue weighted by molar-refractivity contribution is 7.13. The van der Waals surface area contributed by atoms with E-state index in [0.717, 1.165) is 16.4 Å². The molecule has 3 aromatic rings. The molecule has 3 aromatic heterocycles. The van der Waals surface area contributed by atoms with E-state index >= 15 is 0 Å². The highest BCUT2D eigenvalue weighted by Gasteiger charge is 2.09. The molecule has 5 nitrogen and oxygen atoms in total. The fraction of sp³-hybridized carbons (Fsp3) is 0.133. The predicted octanol–water partition coefficient (Wildman–Crippen LogP) is 2.84. The van der Waals surface area contributed by atoms with Gasteiger partial charge in [0.25, 0.3) is 0 Å². The van der Waals surface area contributed by atoms with Crippen molar-refractivity contribution < 1.29 is 9.53 Å². The zero-order chi connectivity index (χ0) is 14.7. The molecule has 0 radical (unpaired) electrons. The second-order valence-corrected chi connectivity index (χ2v) is 5.33. The van der Waals surface area contributed by atoms with Crippen molar-refractivity contribution in [3.05, 3.63) is 59.5 Å². The third-order valence-corrected chi connectivity index (χ3v) is 3.90. The van der Waals surface area contributed by atoms with Crippen LogP contribution in [0.2, 0.25) is 0 Å². The van der Waals surface area contributed by atoms with Gasteiger partial charge < -0.3 is 9.30 Å². The molecule has 0 unspecified atom stereocenters. The fourth-order valence-electron chi connectivity index (χ4n) is 2.00. The van der Waals surface area contributed by atoms with E-state index in [9.17, 15) is 4.79 Å². The Bertz CT molecular complexity index is 733. The summed E-state index contributed by atoms with van der Waals surface area (Å²) in [5, 5.41) is 2.03. The standard InChI is InChI=1S/C15H13N3O2S/c1-20-15(19)11-4-5-12(17-9-11)10-18-7-6-16-14(18)13-3-2-8-21-13/h2-9H,10H2,1H3. The number of thiophene rings is 1. The second-order valence-electron chi connectivity index (χ2n) is 4.39. The lowest BCUT2D eigenvalue weighted by atomic mass is 10.2. The molecule has 6 heteroatoms. The Morgan fingerprint density at radius 3 is 2.90 bits per heavy atom. The lowest BCUT2D eigenvalue weighted by molar-refractivity contribution is 0.0600. The summed E-state index contributed by atoms with van der Waals surface area (Å²) >= 11 is 1.65. The van der Waals surface area contributed by atoms with Gasteiger partial charge in [-0.1, -0.05) is 6.07 Å². The summed E-state index contributed by atoms with van der Waals surface area (Å²) in [6.45, 7) is 0.606. The Balaban J connectivity index is 1.82. The van der Waals surface area contributed by atoms with Crippen LogP contribution in [-0.2, 0) is 11.3 Å². The van der Waals surface area contributed by atoms with E-state index in [4.69, 9.17) is 0 Å². The number of carbonyl (C=O) groups excluding carboxylic acids is 1. The summed E-state index contributed by atoms with van der Waals surface area (Å²) in [6.07, 6.45) is 5.23. The Morgan fingerprint density at radius 1 is 1.33 bits per heavy atom. The molecule has 0 saturated carbocycles. The molecule has 106 valence electrons. The largest absolute Gasteiger partial charge is 0.465 e. The van der Waals surface area contributed by atoms with Gasteiger partial charge in [-0.05, 0) is 23.6 Å². The predicted molar refractivity (Wildman–Crippen MR) is 80.2 cm³/mol. The molecule has 0 aliphatic carbocycles. The Morgan fingerprint density at radius 2 is 2.24 bits per heavy atom. The average molecular weight is 299 g/mol. The maximum absolute atomic E-state index is 11.4. The number of ether oxygens (including phenoxy) is 1. The van der Waals surface area contributed by atoms with E-state index in [1.165, 1.54) is 13.3 Å². The zero-order valence-electron chi connectivity index (χ0n) is 11.4. The number of nitrogens with zero attached hydrogens (tertiary/aromatic N) is 3. The van der Waals surface area contributed by atoms with Gasteiger partial charge in [-0.25, -0.2) is 9.78 Å². The summed E-state index contributed by atoms with van der Waals surface area (Å²) in [5.74, 6) is 0.541. The molecule has 0 saturated heterocycles. The number of pyridine rings is 1. The highest BCUT2D eigenvalue weighted by Crippen LogP contribution is 2.23. The van der Waals surface area contributed by atoms with Gasteiger partial charge in [0.2, 0.25) is 0 Å². The van der Waals surface area contributed by atoms with Crippen LogP contribution in [0.25, 0.3) is 10.7 Å². The van der Waals surface area contributed by atoms with E-state index < -0.39 is 0 Å². The van der Waals surface area contributed by atoms with E-state index in [2.05, 4.69) is 14.7 Å². The van der Waals surface area contributed by atoms with Gasteiger partial charge >= 0.3 is 5.97 Å². The molecular formula is C15H13N3O2S. The van der Waals surface area contributed by atoms with Gasteiger partial charge in [0, 0.05) is 18.6 Å². The van der Waals surface area contributed by atoms with Crippen LogP contribution < -0.4 is 0 Å².